The Balaban J connectivity index is 1.72. The first-order chi connectivity index (χ1) is 11.7. The maximum Gasteiger partial charge on any atom is 0.307 e. The number of hydrogen-bond donors (Lipinski definition) is 1. The highest BCUT2D eigenvalue weighted by atomic mass is 32.1. The van der Waals surface area contributed by atoms with Crippen LogP contribution in [-0.2, 0) is 20.9 Å². The molecular weight excluding hydrogens is 326 g/mol. The predicted octanol–water partition coefficient (Wildman–Crippen LogP) is 1.67. The number of hydrogen-bond acceptors (Lipinski definition) is 6. The number of carbonyl (C=O) groups is 2. The van der Waals surface area contributed by atoms with Crippen molar-refractivity contribution in [2.75, 3.05) is 20.2 Å². The van der Waals surface area contributed by atoms with Crippen molar-refractivity contribution in [3.8, 4) is 10.6 Å². The standard InChI is InChI=1S/C17H19N3O3S/c1-23-15(21)9-14-16(22)18-7-8-20(14)10-13-11-24-17(19-13)12-5-3-2-4-6-12/h2-6,11,14H,7-10H2,1H3,(H,18,22). The summed E-state index contributed by atoms with van der Waals surface area (Å²) in [7, 11) is 1.33. The summed E-state index contributed by atoms with van der Waals surface area (Å²) in [5, 5.41) is 5.76. The minimum atomic E-state index is -0.506. The third kappa shape index (κ3) is 3.80. The van der Waals surface area contributed by atoms with E-state index < -0.39 is 6.04 Å². The highest BCUT2D eigenvalue weighted by Crippen LogP contribution is 2.24. The lowest BCUT2D eigenvalue weighted by molar-refractivity contribution is -0.146. The van der Waals surface area contributed by atoms with E-state index in [2.05, 4.69) is 10.3 Å². The molecule has 1 aromatic heterocycles. The number of esters is 1. The number of methoxy groups -OCH3 is 1. The van der Waals surface area contributed by atoms with Crippen molar-refractivity contribution in [3.63, 3.8) is 0 Å². The number of nitrogens with one attached hydrogen (secondary N) is 1. The van der Waals surface area contributed by atoms with Crippen LogP contribution >= 0.6 is 11.3 Å². The predicted molar refractivity (Wildman–Crippen MR) is 91.4 cm³/mol. The van der Waals surface area contributed by atoms with Gasteiger partial charge in [-0.15, -0.1) is 11.3 Å². The number of nitrogens with zero attached hydrogens (tertiary/aromatic N) is 2. The SMILES string of the molecule is COC(=O)CC1C(=O)NCCN1Cc1csc(-c2ccccc2)n1. The second-order valence-electron chi connectivity index (χ2n) is 5.57. The maximum atomic E-state index is 12.1. The Hall–Kier alpha value is -2.25. The Labute approximate surface area is 144 Å². The van der Waals surface area contributed by atoms with Gasteiger partial charge < -0.3 is 10.1 Å². The molecule has 1 aliphatic heterocycles. The van der Waals surface area contributed by atoms with Gasteiger partial charge >= 0.3 is 5.97 Å². The zero-order valence-corrected chi connectivity index (χ0v) is 14.2. The second kappa shape index (κ2) is 7.55. The van der Waals surface area contributed by atoms with Crippen LogP contribution in [0.4, 0.5) is 0 Å². The Bertz CT molecular complexity index is 717. The van der Waals surface area contributed by atoms with Gasteiger partial charge in [0.1, 0.15) is 11.0 Å². The molecule has 6 nitrogen and oxygen atoms in total. The number of benzene rings is 1. The summed E-state index contributed by atoms with van der Waals surface area (Å²) in [5.74, 6) is -0.518. The number of amides is 1. The fourth-order valence-electron chi connectivity index (χ4n) is 2.72. The van der Waals surface area contributed by atoms with Crippen LogP contribution in [-0.4, -0.2) is 48.0 Å². The quantitative estimate of drug-likeness (QED) is 0.835. The number of aromatic nitrogens is 1. The third-order valence-corrected chi connectivity index (χ3v) is 4.91. The fourth-order valence-corrected chi connectivity index (χ4v) is 3.53. The van der Waals surface area contributed by atoms with E-state index in [1.807, 2.05) is 40.6 Å². The van der Waals surface area contributed by atoms with Crippen LogP contribution in [0.3, 0.4) is 0 Å². The number of carbonyl (C=O) groups excluding carboxylic acids is 2. The summed E-state index contributed by atoms with van der Waals surface area (Å²) in [6.45, 7) is 1.80. The van der Waals surface area contributed by atoms with Gasteiger partial charge in [-0.2, -0.15) is 0 Å². The average molecular weight is 345 g/mol. The molecule has 2 aromatic rings. The van der Waals surface area contributed by atoms with E-state index >= 15 is 0 Å². The van der Waals surface area contributed by atoms with Crippen LogP contribution < -0.4 is 5.32 Å². The molecule has 7 heteroatoms. The molecule has 3 rings (SSSR count). The molecule has 0 bridgehead atoms. The first kappa shape index (κ1) is 16.6. The van der Waals surface area contributed by atoms with Gasteiger partial charge in [-0.25, -0.2) is 4.98 Å². The highest BCUT2D eigenvalue weighted by Gasteiger charge is 2.32. The van der Waals surface area contributed by atoms with E-state index in [9.17, 15) is 9.59 Å². The van der Waals surface area contributed by atoms with E-state index in [1.165, 1.54) is 7.11 Å². The maximum absolute atomic E-state index is 12.1. The summed E-state index contributed by atoms with van der Waals surface area (Å²) in [6, 6.07) is 9.48. The lowest BCUT2D eigenvalue weighted by atomic mass is 10.1. The van der Waals surface area contributed by atoms with E-state index in [0.717, 1.165) is 16.3 Å². The molecule has 0 saturated carbocycles. The lowest BCUT2D eigenvalue weighted by Crippen LogP contribution is -2.55. The Morgan fingerprint density at radius 1 is 1.42 bits per heavy atom. The molecule has 1 unspecified atom stereocenters. The molecule has 0 radical (unpaired) electrons. The number of ether oxygens (including phenoxy) is 1. The van der Waals surface area contributed by atoms with E-state index in [1.54, 1.807) is 11.3 Å². The number of piperazine rings is 1. The fraction of sp³-hybridized carbons (Fsp3) is 0.353. The van der Waals surface area contributed by atoms with Crippen LogP contribution in [0, 0.1) is 0 Å². The first-order valence-electron chi connectivity index (χ1n) is 7.76. The largest absolute Gasteiger partial charge is 0.469 e. The zero-order valence-electron chi connectivity index (χ0n) is 13.4. The Kier molecular flexibility index (Phi) is 5.22. The molecular formula is C17H19N3O3S. The molecule has 1 N–H and O–H groups in total. The van der Waals surface area contributed by atoms with E-state index in [4.69, 9.17) is 4.74 Å². The molecule has 126 valence electrons. The smallest absolute Gasteiger partial charge is 0.307 e. The average Bonchev–Trinajstić information content (AvgIpc) is 3.07. The molecule has 0 aliphatic carbocycles. The zero-order chi connectivity index (χ0) is 16.9. The van der Waals surface area contributed by atoms with Gasteiger partial charge in [-0.05, 0) is 0 Å². The third-order valence-electron chi connectivity index (χ3n) is 3.97. The van der Waals surface area contributed by atoms with Crippen LogP contribution in [0.1, 0.15) is 12.1 Å². The van der Waals surface area contributed by atoms with Gasteiger partial charge in [0.25, 0.3) is 0 Å². The monoisotopic (exact) mass is 345 g/mol. The molecule has 24 heavy (non-hydrogen) atoms. The first-order valence-corrected chi connectivity index (χ1v) is 8.63. The van der Waals surface area contributed by atoms with Gasteiger partial charge in [-0.3, -0.25) is 14.5 Å². The lowest BCUT2D eigenvalue weighted by Gasteiger charge is -2.33. The summed E-state index contributed by atoms with van der Waals surface area (Å²) in [4.78, 5) is 30.3. The second-order valence-corrected chi connectivity index (χ2v) is 6.43. The molecule has 1 saturated heterocycles. The van der Waals surface area contributed by atoms with Crippen molar-refractivity contribution in [1.82, 2.24) is 15.2 Å². The van der Waals surface area contributed by atoms with Gasteiger partial charge in [0.15, 0.2) is 0 Å². The van der Waals surface area contributed by atoms with Crippen LogP contribution in [0.5, 0.6) is 0 Å². The van der Waals surface area contributed by atoms with E-state index in [0.29, 0.717) is 19.6 Å². The molecule has 1 atom stereocenters. The van der Waals surface area contributed by atoms with Crippen molar-refractivity contribution in [2.45, 2.75) is 19.0 Å². The van der Waals surface area contributed by atoms with Crippen LogP contribution in [0.2, 0.25) is 0 Å². The molecule has 1 aromatic carbocycles. The van der Waals surface area contributed by atoms with Gasteiger partial charge in [0, 0.05) is 30.6 Å². The van der Waals surface area contributed by atoms with E-state index in [-0.39, 0.29) is 18.3 Å². The van der Waals surface area contributed by atoms with Crippen LogP contribution in [0.25, 0.3) is 10.6 Å². The Morgan fingerprint density at radius 2 is 2.21 bits per heavy atom. The minimum absolute atomic E-state index is 0.0536. The van der Waals surface area contributed by atoms with Crippen molar-refractivity contribution in [2.24, 2.45) is 0 Å². The van der Waals surface area contributed by atoms with Crippen LogP contribution in [0.15, 0.2) is 35.7 Å². The Morgan fingerprint density at radius 3 is 2.96 bits per heavy atom. The molecule has 2 heterocycles. The number of rotatable bonds is 5. The summed E-state index contributed by atoms with van der Waals surface area (Å²) >= 11 is 1.58. The van der Waals surface area contributed by atoms with Gasteiger partial charge in [0.05, 0.1) is 19.2 Å². The van der Waals surface area contributed by atoms with Crippen molar-refractivity contribution < 1.29 is 14.3 Å². The van der Waals surface area contributed by atoms with Crippen molar-refractivity contribution in [1.29, 1.82) is 0 Å². The van der Waals surface area contributed by atoms with Crippen molar-refractivity contribution >= 4 is 23.2 Å². The molecule has 1 amide bonds. The number of thiazole rings is 1. The van der Waals surface area contributed by atoms with Gasteiger partial charge in [0.2, 0.25) is 5.91 Å². The minimum Gasteiger partial charge on any atom is -0.469 e. The van der Waals surface area contributed by atoms with Gasteiger partial charge in [-0.1, -0.05) is 30.3 Å². The topological polar surface area (TPSA) is 71.5 Å². The normalized spacial score (nSPS) is 18.2. The highest BCUT2D eigenvalue weighted by molar-refractivity contribution is 7.13. The molecule has 1 aliphatic rings. The van der Waals surface area contributed by atoms with Crippen molar-refractivity contribution in [3.05, 3.63) is 41.4 Å². The summed E-state index contributed by atoms with van der Waals surface area (Å²) < 4.78 is 4.70. The molecule has 1 fully saturated rings. The molecule has 0 spiro atoms. The summed E-state index contributed by atoms with van der Waals surface area (Å²) in [6.07, 6.45) is 0.0536. The summed E-state index contributed by atoms with van der Waals surface area (Å²) in [5.41, 5.74) is 1.99.